The molecule has 0 amide bonds. The predicted octanol–water partition coefficient (Wildman–Crippen LogP) is 19.0. The first-order valence-electron chi connectivity index (χ1n) is 28.9. The van der Waals surface area contributed by atoms with Gasteiger partial charge in [-0.2, -0.15) is 0 Å². The number of hydrogen-bond donors (Lipinski definition) is 0. The quantitative estimate of drug-likeness (QED) is 0.0344. The molecule has 0 spiro atoms. The number of ether oxygens (including phenoxy) is 3. The van der Waals surface area contributed by atoms with Crippen molar-refractivity contribution in [2.24, 2.45) is 5.92 Å². The SMILES string of the molecule is CCCCCCCCCCCCCCCCCCCCC(=O)O[C@H](COC(=O)CCCCCCCCCCCCCCCC)COC(=O)CCCCCCCCCCCCCC(C)C. The summed E-state index contributed by atoms with van der Waals surface area (Å²) in [5.41, 5.74) is 0. The van der Waals surface area contributed by atoms with Crippen LogP contribution in [-0.4, -0.2) is 37.2 Å². The van der Waals surface area contributed by atoms with E-state index in [0.717, 1.165) is 63.7 Å². The summed E-state index contributed by atoms with van der Waals surface area (Å²) in [5, 5.41) is 0. The molecule has 1 atom stereocenters. The maximum atomic E-state index is 12.9. The second-order valence-electron chi connectivity index (χ2n) is 20.4. The highest BCUT2D eigenvalue weighted by molar-refractivity contribution is 5.71. The van der Waals surface area contributed by atoms with E-state index < -0.39 is 6.10 Å². The fourth-order valence-corrected chi connectivity index (χ4v) is 8.92. The smallest absolute Gasteiger partial charge is 0.306 e. The van der Waals surface area contributed by atoms with Crippen LogP contribution >= 0.6 is 0 Å². The molecule has 64 heavy (non-hydrogen) atoms. The molecule has 380 valence electrons. The predicted molar refractivity (Wildman–Crippen MR) is 275 cm³/mol. The topological polar surface area (TPSA) is 78.9 Å². The summed E-state index contributed by atoms with van der Waals surface area (Å²) in [7, 11) is 0. The van der Waals surface area contributed by atoms with Gasteiger partial charge in [0, 0.05) is 19.3 Å². The van der Waals surface area contributed by atoms with E-state index in [1.165, 1.54) is 225 Å². The molecule has 0 aromatic heterocycles. The third-order valence-electron chi connectivity index (χ3n) is 13.3. The fraction of sp³-hybridized carbons (Fsp3) is 0.948. The summed E-state index contributed by atoms with van der Waals surface area (Å²) >= 11 is 0. The molecule has 0 aliphatic rings. The number of esters is 3. The van der Waals surface area contributed by atoms with Gasteiger partial charge in [-0.1, -0.05) is 291 Å². The molecule has 0 aliphatic heterocycles. The van der Waals surface area contributed by atoms with Gasteiger partial charge in [0.05, 0.1) is 0 Å². The van der Waals surface area contributed by atoms with Crippen LogP contribution in [0.5, 0.6) is 0 Å². The van der Waals surface area contributed by atoms with E-state index in [1.807, 2.05) is 0 Å². The molecular formula is C58H112O6. The van der Waals surface area contributed by atoms with Crippen LogP contribution in [0.2, 0.25) is 0 Å². The zero-order chi connectivity index (χ0) is 46.7. The van der Waals surface area contributed by atoms with Crippen molar-refractivity contribution >= 4 is 17.9 Å². The molecule has 6 nitrogen and oxygen atoms in total. The molecule has 0 aromatic rings. The molecule has 0 saturated carbocycles. The highest BCUT2D eigenvalue weighted by Crippen LogP contribution is 2.18. The first-order chi connectivity index (χ1) is 31.4. The molecular weight excluding hydrogens is 793 g/mol. The van der Waals surface area contributed by atoms with Crippen LogP contribution in [0.15, 0.2) is 0 Å². The van der Waals surface area contributed by atoms with Gasteiger partial charge in [-0.3, -0.25) is 14.4 Å². The lowest BCUT2D eigenvalue weighted by Crippen LogP contribution is -2.30. The van der Waals surface area contributed by atoms with Gasteiger partial charge in [0.25, 0.3) is 0 Å². The van der Waals surface area contributed by atoms with Gasteiger partial charge in [0.1, 0.15) is 13.2 Å². The van der Waals surface area contributed by atoms with Gasteiger partial charge in [-0.15, -0.1) is 0 Å². The van der Waals surface area contributed by atoms with Crippen molar-refractivity contribution in [3.8, 4) is 0 Å². The first kappa shape index (κ1) is 62.4. The minimum absolute atomic E-state index is 0.0620. The highest BCUT2D eigenvalue weighted by Gasteiger charge is 2.19. The van der Waals surface area contributed by atoms with Crippen molar-refractivity contribution in [2.75, 3.05) is 13.2 Å². The number of rotatable bonds is 53. The molecule has 0 bridgehead atoms. The van der Waals surface area contributed by atoms with E-state index in [9.17, 15) is 14.4 Å². The van der Waals surface area contributed by atoms with Gasteiger partial charge >= 0.3 is 17.9 Å². The van der Waals surface area contributed by atoms with E-state index >= 15 is 0 Å². The van der Waals surface area contributed by atoms with Gasteiger partial charge in [-0.25, -0.2) is 0 Å². The van der Waals surface area contributed by atoms with Crippen molar-refractivity contribution in [1.29, 1.82) is 0 Å². The van der Waals surface area contributed by atoms with Crippen LogP contribution in [0.25, 0.3) is 0 Å². The van der Waals surface area contributed by atoms with E-state index in [-0.39, 0.29) is 31.1 Å². The summed E-state index contributed by atoms with van der Waals surface area (Å²) < 4.78 is 16.9. The maximum Gasteiger partial charge on any atom is 0.306 e. The normalized spacial score (nSPS) is 12.0. The lowest BCUT2D eigenvalue weighted by Gasteiger charge is -2.18. The lowest BCUT2D eigenvalue weighted by atomic mass is 10.0. The summed E-state index contributed by atoms with van der Waals surface area (Å²) in [4.78, 5) is 38.1. The number of carbonyl (C=O) groups is 3. The monoisotopic (exact) mass is 905 g/mol. The Bertz CT molecular complexity index is 964. The molecule has 0 radical (unpaired) electrons. The fourth-order valence-electron chi connectivity index (χ4n) is 8.92. The Morgan fingerprint density at radius 2 is 0.516 bits per heavy atom. The van der Waals surface area contributed by atoms with Gasteiger partial charge in [-0.05, 0) is 25.2 Å². The first-order valence-corrected chi connectivity index (χ1v) is 28.9. The molecule has 6 heteroatoms. The lowest BCUT2D eigenvalue weighted by molar-refractivity contribution is -0.167. The van der Waals surface area contributed by atoms with Crippen LogP contribution in [0.3, 0.4) is 0 Å². The second-order valence-corrected chi connectivity index (χ2v) is 20.4. The number of unbranched alkanes of at least 4 members (excludes halogenated alkanes) is 40. The van der Waals surface area contributed by atoms with Gasteiger partial charge < -0.3 is 14.2 Å². The van der Waals surface area contributed by atoms with Crippen molar-refractivity contribution in [1.82, 2.24) is 0 Å². The number of hydrogen-bond acceptors (Lipinski definition) is 6. The van der Waals surface area contributed by atoms with Crippen molar-refractivity contribution < 1.29 is 28.6 Å². The van der Waals surface area contributed by atoms with Crippen molar-refractivity contribution in [2.45, 2.75) is 336 Å². The Hall–Kier alpha value is -1.59. The van der Waals surface area contributed by atoms with E-state index in [2.05, 4.69) is 27.7 Å². The Morgan fingerprint density at radius 3 is 0.766 bits per heavy atom. The molecule has 0 N–H and O–H groups in total. The summed E-state index contributed by atoms with van der Waals surface area (Å²) in [6.07, 6.45) is 56.6. The summed E-state index contributed by atoms with van der Waals surface area (Å²) in [6.45, 7) is 9.05. The van der Waals surface area contributed by atoms with E-state index in [1.54, 1.807) is 0 Å². The van der Waals surface area contributed by atoms with E-state index in [4.69, 9.17) is 14.2 Å². The molecule has 0 saturated heterocycles. The molecule has 0 heterocycles. The Balaban J connectivity index is 4.29. The van der Waals surface area contributed by atoms with Crippen LogP contribution in [0, 0.1) is 5.92 Å². The average molecular weight is 906 g/mol. The largest absolute Gasteiger partial charge is 0.462 e. The van der Waals surface area contributed by atoms with Crippen molar-refractivity contribution in [3.63, 3.8) is 0 Å². The number of carbonyl (C=O) groups excluding carboxylic acids is 3. The molecule has 0 aromatic carbocycles. The molecule has 0 rings (SSSR count). The Labute approximate surface area is 399 Å². The molecule has 0 aliphatic carbocycles. The van der Waals surface area contributed by atoms with Crippen LogP contribution < -0.4 is 0 Å². The second kappa shape index (κ2) is 52.4. The molecule has 0 unspecified atom stereocenters. The van der Waals surface area contributed by atoms with Crippen LogP contribution in [-0.2, 0) is 28.6 Å². The van der Waals surface area contributed by atoms with Crippen LogP contribution in [0.4, 0.5) is 0 Å². The average Bonchev–Trinajstić information content (AvgIpc) is 3.28. The third kappa shape index (κ3) is 51.4. The minimum atomic E-state index is -0.762. The maximum absolute atomic E-state index is 12.9. The Morgan fingerprint density at radius 1 is 0.297 bits per heavy atom. The van der Waals surface area contributed by atoms with Crippen molar-refractivity contribution in [3.05, 3.63) is 0 Å². The third-order valence-corrected chi connectivity index (χ3v) is 13.3. The van der Waals surface area contributed by atoms with Gasteiger partial charge in [0.2, 0.25) is 0 Å². The van der Waals surface area contributed by atoms with Crippen LogP contribution in [0.1, 0.15) is 329 Å². The molecule has 0 fully saturated rings. The Kier molecular flexibility index (Phi) is 51.1. The van der Waals surface area contributed by atoms with E-state index in [0.29, 0.717) is 19.3 Å². The summed E-state index contributed by atoms with van der Waals surface area (Å²) in [5.74, 6) is -0.00904. The zero-order valence-corrected chi connectivity index (χ0v) is 43.8. The highest BCUT2D eigenvalue weighted by atomic mass is 16.6. The van der Waals surface area contributed by atoms with Gasteiger partial charge in [0.15, 0.2) is 6.10 Å². The standard InChI is InChI=1S/C58H112O6/c1-5-7-9-11-13-15-17-19-21-22-23-24-26-30-35-39-43-47-51-58(61)64-55(52-62-56(59)49-45-41-37-33-29-25-20-18-16-14-12-10-8-6-2)53-63-57(60)50-46-42-38-34-31-27-28-32-36-40-44-48-54(3)4/h54-55H,5-53H2,1-4H3/t55-/m1/s1. The summed E-state index contributed by atoms with van der Waals surface area (Å²) in [6, 6.07) is 0. The zero-order valence-electron chi connectivity index (χ0n) is 43.8. The minimum Gasteiger partial charge on any atom is -0.462 e.